The SMILES string of the molecule is CC[C@H](O)[C@@H](C)[C@H]1O[C@@H]1C[C@@](C)(O)/C=C/C=C(\C)[C@H]1OC(=O)C[C@H](O[Si](C)(C)C(C)(C)C)CC[C@H](C)[C@@H](OC(C)=O)/C=C/[C@@H]1C. The minimum absolute atomic E-state index is 0.0132. The van der Waals surface area contributed by atoms with Crippen LogP contribution in [0.25, 0.3) is 0 Å². The Labute approximate surface area is 273 Å². The summed E-state index contributed by atoms with van der Waals surface area (Å²) in [5, 5.41) is 21.2. The van der Waals surface area contributed by atoms with E-state index in [-0.39, 0.29) is 59.5 Å². The van der Waals surface area contributed by atoms with Crippen molar-refractivity contribution in [2.45, 2.75) is 162 Å². The van der Waals surface area contributed by atoms with Crippen LogP contribution < -0.4 is 0 Å². The molecule has 2 rings (SSSR count). The molecule has 0 saturated carbocycles. The molecule has 2 heterocycles. The van der Waals surface area contributed by atoms with Gasteiger partial charge in [0.1, 0.15) is 12.2 Å². The normalized spacial score (nSPS) is 32.4. The molecule has 0 aromatic heterocycles. The van der Waals surface area contributed by atoms with Crippen LogP contribution in [0.5, 0.6) is 0 Å². The third-order valence-corrected chi connectivity index (χ3v) is 14.4. The predicted molar refractivity (Wildman–Crippen MR) is 181 cm³/mol. The van der Waals surface area contributed by atoms with Crippen LogP contribution in [0.4, 0.5) is 0 Å². The van der Waals surface area contributed by atoms with Crippen LogP contribution in [0.2, 0.25) is 18.1 Å². The fourth-order valence-electron chi connectivity index (χ4n) is 5.67. The summed E-state index contributed by atoms with van der Waals surface area (Å²) < 4.78 is 24.3. The molecular formula is C36H62O8Si. The molecule has 9 heteroatoms. The molecule has 0 unspecified atom stereocenters. The topological polar surface area (TPSA) is 115 Å². The summed E-state index contributed by atoms with van der Waals surface area (Å²) in [6.45, 7) is 24.0. The van der Waals surface area contributed by atoms with Crippen molar-refractivity contribution in [1.82, 2.24) is 0 Å². The molecule has 0 aromatic carbocycles. The lowest BCUT2D eigenvalue weighted by atomic mass is 9.91. The summed E-state index contributed by atoms with van der Waals surface area (Å²) in [7, 11) is -2.16. The van der Waals surface area contributed by atoms with Crippen LogP contribution >= 0.6 is 0 Å². The first-order valence-corrected chi connectivity index (χ1v) is 19.7. The molecular weight excluding hydrogens is 588 g/mol. The lowest BCUT2D eigenvalue weighted by Gasteiger charge is -2.39. The van der Waals surface area contributed by atoms with Gasteiger partial charge in [-0.2, -0.15) is 0 Å². The van der Waals surface area contributed by atoms with E-state index in [0.29, 0.717) is 19.3 Å². The number of esters is 2. The van der Waals surface area contributed by atoms with Crippen LogP contribution in [0.1, 0.15) is 101 Å². The third kappa shape index (κ3) is 12.4. The Bertz CT molecular complexity index is 1070. The average molecular weight is 651 g/mol. The number of ether oxygens (including phenoxy) is 3. The van der Waals surface area contributed by atoms with E-state index < -0.39 is 32.2 Å². The Morgan fingerprint density at radius 3 is 2.38 bits per heavy atom. The average Bonchev–Trinajstić information content (AvgIpc) is 3.67. The number of hydrogen-bond acceptors (Lipinski definition) is 8. The van der Waals surface area contributed by atoms with Gasteiger partial charge in [-0.1, -0.05) is 72.8 Å². The van der Waals surface area contributed by atoms with E-state index >= 15 is 0 Å². The van der Waals surface area contributed by atoms with Gasteiger partial charge < -0.3 is 28.8 Å². The number of hydrogen-bond donors (Lipinski definition) is 2. The summed E-state index contributed by atoms with van der Waals surface area (Å²) in [5.41, 5.74) is -0.285. The first-order chi connectivity index (χ1) is 20.7. The van der Waals surface area contributed by atoms with Gasteiger partial charge in [0, 0.05) is 25.2 Å². The number of cyclic esters (lactones) is 1. The van der Waals surface area contributed by atoms with Crippen LogP contribution in [-0.4, -0.2) is 72.7 Å². The van der Waals surface area contributed by atoms with Gasteiger partial charge >= 0.3 is 11.9 Å². The molecule has 0 aromatic rings. The summed E-state index contributed by atoms with van der Waals surface area (Å²) >= 11 is 0. The van der Waals surface area contributed by atoms with E-state index in [0.717, 1.165) is 12.0 Å². The fourth-order valence-corrected chi connectivity index (χ4v) is 7.06. The largest absolute Gasteiger partial charge is 0.458 e. The van der Waals surface area contributed by atoms with Crippen LogP contribution in [0, 0.1) is 17.8 Å². The molecule has 1 fully saturated rings. The number of rotatable bonds is 11. The highest BCUT2D eigenvalue weighted by Gasteiger charge is 2.47. The van der Waals surface area contributed by atoms with Gasteiger partial charge in [0.2, 0.25) is 0 Å². The first-order valence-electron chi connectivity index (χ1n) is 16.8. The number of carbonyl (C=O) groups is 2. The predicted octanol–water partition coefficient (Wildman–Crippen LogP) is 7.05. The highest BCUT2D eigenvalue weighted by Crippen LogP contribution is 2.39. The molecule has 10 atom stereocenters. The van der Waals surface area contributed by atoms with Crippen molar-refractivity contribution in [3.63, 3.8) is 0 Å². The highest BCUT2D eigenvalue weighted by molar-refractivity contribution is 6.74. The summed E-state index contributed by atoms with van der Waals surface area (Å²) in [5.74, 6) is -0.779. The standard InChI is InChI=1S/C36H62O8Si/c1-13-29(38)26(5)34-31(42-34)22-36(10,40)20-14-15-24(3)33-25(4)17-19-30(41-27(6)37)23(2)16-18-28(21-32(39)43-33)44-45(11,12)35(7,8)9/h14-15,17,19-20,23,25-26,28-31,33-34,38,40H,13,16,18,21-22H2,1-12H3/b19-17+,20-14+,24-15+/t23-,25-,26+,28+,29-,30-,31+,33+,34+,36-/m0/s1. The zero-order chi connectivity index (χ0) is 34.3. The number of carbonyl (C=O) groups excluding carboxylic acids is 2. The second kappa shape index (κ2) is 16.4. The minimum atomic E-state index is -2.16. The summed E-state index contributed by atoms with van der Waals surface area (Å²) in [4.78, 5) is 25.4. The fraction of sp³-hybridized carbons (Fsp3) is 0.778. The lowest BCUT2D eigenvalue weighted by Crippen LogP contribution is -2.45. The summed E-state index contributed by atoms with van der Waals surface area (Å²) in [6.07, 6.45) is 10.1. The van der Waals surface area contributed by atoms with Crippen molar-refractivity contribution in [2.75, 3.05) is 0 Å². The number of epoxide rings is 1. The maximum absolute atomic E-state index is 13.4. The molecule has 8 nitrogen and oxygen atoms in total. The van der Waals surface area contributed by atoms with E-state index in [1.807, 2.05) is 45.9 Å². The van der Waals surface area contributed by atoms with Gasteiger partial charge in [0.05, 0.1) is 36.4 Å². The molecule has 258 valence electrons. The molecule has 0 bridgehead atoms. The van der Waals surface area contributed by atoms with E-state index in [9.17, 15) is 19.8 Å². The van der Waals surface area contributed by atoms with Gasteiger partial charge in [-0.3, -0.25) is 9.59 Å². The van der Waals surface area contributed by atoms with Gasteiger partial charge in [-0.25, -0.2) is 0 Å². The highest BCUT2D eigenvalue weighted by atomic mass is 28.4. The van der Waals surface area contributed by atoms with Gasteiger partial charge in [0.25, 0.3) is 0 Å². The second-order valence-electron chi connectivity index (χ2n) is 15.3. The van der Waals surface area contributed by atoms with E-state index in [1.54, 1.807) is 19.1 Å². The molecule has 0 amide bonds. The smallest absolute Gasteiger partial charge is 0.308 e. The Morgan fingerprint density at radius 1 is 1.16 bits per heavy atom. The van der Waals surface area contributed by atoms with E-state index in [4.69, 9.17) is 18.6 Å². The van der Waals surface area contributed by atoms with Crippen molar-refractivity contribution < 1.29 is 38.4 Å². The first kappa shape index (κ1) is 39.4. The van der Waals surface area contributed by atoms with Crippen molar-refractivity contribution in [1.29, 1.82) is 0 Å². The number of aliphatic hydroxyl groups excluding tert-OH is 1. The van der Waals surface area contributed by atoms with E-state index in [2.05, 4.69) is 40.8 Å². The van der Waals surface area contributed by atoms with Crippen LogP contribution in [-0.2, 0) is 28.2 Å². The zero-order valence-electron chi connectivity index (χ0n) is 30.0. The third-order valence-electron chi connectivity index (χ3n) is 9.85. The number of allylic oxidation sites excluding steroid dienone is 2. The molecule has 0 aliphatic carbocycles. The van der Waals surface area contributed by atoms with Crippen LogP contribution in [0.3, 0.4) is 0 Å². The monoisotopic (exact) mass is 650 g/mol. The summed E-state index contributed by atoms with van der Waals surface area (Å²) in [6, 6.07) is 0. The zero-order valence-corrected chi connectivity index (χ0v) is 31.0. The van der Waals surface area contributed by atoms with Crippen molar-refractivity contribution in [2.24, 2.45) is 17.8 Å². The van der Waals surface area contributed by atoms with Crippen molar-refractivity contribution >= 4 is 20.3 Å². The van der Waals surface area contributed by atoms with E-state index in [1.165, 1.54) is 6.92 Å². The minimum Gasteiger partial charge on any atom is -0.458 e. The molecule has 2 aliphatic heterocycles. The Kier molecular flexibility index (Phi) is 14.3. The Hall–Kier alpha value is -1.78. The molecule has 45 heavy (non-hydrogen) atoms. The van der Waals surface area contributed by atoms with Crippen molar-refractivity contribution in [3.8, 4) is 0 Å². The molecule has 2 aliphatic rings. The van der Waals surface area contributed by atoms with Gasteiger partial charge in [-0.15, -0.1) is 0 Å². The van der Waals surface area contributed by atoms with Crippen molar-refractivity contribution in [3.05, 3.63) is 36.0 Å². The van der Waals surface area contributed by atoms with Gasteiger partial charge in [0.15, 0.2) is 8.32 Å². The Balaban J connectivity index is 2.28. The molecule has 1 saturated heterocycles. The molecule has 0 spiro atoms. The second-order valence-corrected chi connectivity index (χ2v) is 20.0. The van der Waals surface area contributed by atoms with Gasteiger partial charge in [-0.05, 0) is 68.8 Å². The maximum atomic E-state index is 13.4. The molecule has 2 N–H and O–H groups in total. The van der Waals surface area contributed by atoms with Crippen LogP contribution in [0.15, 0.2) is 36.0 Å². The Morgan fingerprint density at radius 2 is 1.80 bits per heavy atom. The molecule has 0 radical (unpaired) electrons. The quantitative estimate of drug-likeness (QED) is 0.0804. The lowest BCUT2D eigenvalue weighted by molar-refractivity contribution is -0.151. The maximum Gasteiger partial charge on any atom is 0.308 e. The number of aliphatic hydroxyl groups is 2.